The van der Waals surface area contributed by atoms with E-state index in [0.717, 1.165) is 13.1 Å². The lowest BCUT2D eigenvalue weighted by molar-refractivity contribution is 0.132. The molecule has 1 aromatic rings. The van der Waals surface area contributed by atoms with Crippen molar-refractivity contribution in [1.29, 1.82) is 0 Å². The van der Waals surface area contributed by atoms with Crippen molar-refractivity contribution in [2.75, 3.05) is 20.1 Å². The van der Waals surface area contributed by atoms with Crippen LogP contribution in [0.25, 0.3) is 0 Å². The molecule has 0 radical (unpaired) electrons. The van der Waals surface area contributed by atoms with Crippen LogP contribution in [0.15, 0.2) is 24.4 Å². The predicted molar refractivity (Wildman–Crippen MR) is 66.2 cm³/mol. The minimum Gasteiger partial charge on any atom is -0.313 e. The molecule has 0 aliphatic carbocycles. The number of rotatable bonds is 3. The van der Waals surface area contributed by atoms with E-state index >= 15 is 0 Å². The number of pyridine rings is 1. The zero-order chi connectivity index (χ0) is 11.4. The van der Waals surface area contributed by atoms with Crippen LogP contribution < -0.4 is 5.32 Å². The van der Waals surface area contributed by atoms with Crippen molar-refractivity contribution in [3.05, 3.63) is 30.1 Å². The van der Waals surface area contributed by atoms with Crippen molar-refractivity contribution in [1.82, 2.24) is 15.2 Å². The largest absolute Gasteiger partial charge is 0.313 e. The van der Waals surface area contributed by atoms with Gasteiger partial charge in [0.2, 0.25) is 0 Å². The molecule has 2 rings (SSSR count). The highest BCUT2D eigenvalue weighted by atomic mass is 15.2. The number of nitrogens with zero attached hydrogens (tertiary/aromatic N) is 2. The number of aromatic nitrogens is 1. The molecule has 1 N–H and O–H groups in total. The first-order valence-electron chi connectivity index (χ1n) is 6.03. The van der Waals surface area contributed by atoms with Crippen LogP contribution in [0.3, 0.4) is 0 Å². The van der Waals surface area contributed by atoms with E-state index in [4.69, 9.17) is 0 Å². The fourth-order valence-corrected chi connectivity index (χ4v) is 2.40. The van der Waals surface area contributed by atoms with Gasteiger partial charge in [-0.3, -0.25) is 9.88 Å². The van der Waals surface area contributed by atoms with Gasteiger partial charge in [0.15, 0.2) is 0 Å². The second-order valence-corrected chi connectivity index (χ2v) is 4.95. The zero-order valence-corrected chi connectivity index (χ0v) is 10.2. The topological polar surface area (TPSA) is 28.2 Å². The monoisotopic (exact) mass is 219 g/mol. The predicted octanol–water partition coefficient (Wildman–Crippen LogP) is 1.66. The first-order chi connectivity index (χ1) is 7.72. The normalized spacial score (nSPS) is 26.9. The van der Waals surface area contributed by atoms with Crippen LogP contribution in [0.2, 0.25) is 0 Å². The summed E-state index contributed by atoms with van der Waals surface area (Å²) in [4.78, 5) is 6.87. The average Bonchev–Trinajstić information content (AvgIpc) is 2.30. The van der Waals surface area contributed by atoms with Crippen LogP contribution in [0.4, 0.5) is 0 Å². The Bertz CT molecular complexity index is 325. The van der Waals surface area contributed by atoms with Crippen molar-refractivity contribution in [2.24, 2.45) is 0 Å². The number of nitrogens with one attached hydrogen (secondary N) is 1. The molecular formula is C13H21N3. The van der Waals surface area contributed by atoms with Gasteiger partial charge in [0.25, 0.3) is 0 Å². The Labute approximate surface area is 97.9 Å². The summed E-state index contributed by atoms with van der Waals surface area (Å²) in [6.45, 7) is 5.57. The molecule has 16 heavy (non-hydrogen) atoms. The maximum absolute atomic E-state index is 4.38. The maximum atomic E-state index is 4.38. The zero-order valence-electron chi connectivity index (χ0n) is 10.2. The molecule has 0 aromatic carbocycles. The molecule has 1 unspecified atom stereocenters. The molecule has 0 amide bonds. The Balaban J connectivity index is 1.96. The Morgan fingerprint density at radius 1 is 1.50 bits per heavy atom. The lowest BCUT2D eigenvalue weighted by atomic mass is 9.91. The molecule has 1 aliphatic heterocycles. The highest BCUT2D eigenvalue weighted by Crippen LogP contribution is 2.21. The highest BCUT2D eigenvalue weighted by molar-refractivity contribution is 5.04. The van der Waals surface area contributed by atoms with E-state index in [9.17, 15) is 0 Å². The molecule has 88 valence electrons. The quantitative estimate of drug-likeness (QED) is 0.838. The van der Waals surface area contributed by atoms with Crippen molar-refractivity contribution in [2.45, 2.75) is 31.8 Å². The summed E-state index contributed by atoms with van der Waals surface area (Å²) in [7, 11) is 2.06. The standard InChI is InChI=1S/C13H21N3/c1-13(14-2)7-5-9-16(11-13)10-12-6-3-4-8-15-12/h3-4,6,8,14H,5,7,9-11H2,1-2H3. The average molecular weight is 219 g/mol. The van der Waals surface area contributed by atoms with Gasteiger partial charge in [0.05, 0.1) is 5.69 Å². The van der Waals surface area contributed by atoms with E-state index in [2.05, 4.69) is 41.3 Å². The first kappa shape index (κ1) is 11.6. The van der Waals surface area contributed by atoms with Gasteiger partial charge in [-0.2, -0.15) is 0 Å². The van der Waals surface area contributed by atoms with E-state index < -0.39 is 0 Å². The third-order valence-corrected chi connectivity index (χ3v) is 3.49. The van der Waals surface area contributed by atoms with Gasteiger partial charge >= 0.3 is 0 Å². The van der Waals surface area contributed by atoms with E-state index in [1.54, 1.807) is 0 Å². The van der Waals surface area contributed by atoms with Gasteiger partial charge < -0.3 is 5.32 Å². The summed E-state index contributed by atoms with van der Waals surface area (Å²) in [5.41, 5.74) is 1.44. The fourth-order valence-electron chi connectivity index (χ4n) is 2.40. The van der Waals surface area contributed by atoms with Gasteiger partial charge in [0.1, 0.15) is 0 Å². The molecule has 1 aromatic heterocycles. The third-order valence-electron chi connectivity index (χ3n) is 3.49. The van der Waals surface area contributed by atoms with E-state index in [0.29, 0.717) is 0 Å². The lowest BCUT2D eigenvalue weighted by Gasteiger charge is -2.40. The highest BCUT2D eigenvalue weighted by Gasteiger charge is 2.29. The van der Waals surface area contributed by atoms with Crippen LogP contribution in [-0.2, 0) is 6.54 Å². The SMILES string of the molecule is CNC1(C)CCCN(Cc2ccccn2)C1. The van der Waals surface area contributed by atoms with E-state index in [1.807, 2.05) is 12.3 Å². The number of hydrogen-bond acceptors (Lipinski definition) is 3. The molecule has 1 fully saturated rings. The van der Waals surface area contributed by atoms with Crippen LogP contribution >= 0.6 is 0 Å². The Morgan fingerprint density at radius 3 is 3.06 bits per heavy atom. The lowest BCUT2D eigenvalue weighted by Crippen LogP contribution is -2.53. The summed E-state index contributed by atoms with van der Waals surface area (Å²) >= 11 is 0. The van der Waals surface area contributed by atoms with Gasteiger partial charge in [-0.05, 0) is 45.5 Å². The molecule has 1 atom stereocenters. The number of likely N-dealkylation sites (tertiary alicyclic amines) is 1. The second-order valence-electron chi connectivity index (χ2n) is 4.95. The summed E-state index contributed by atoms with van der Waals surface area (Å²) in [6.07, 6.45) is 4.41. The molecule has 1 aliphatic rings. The van der Waals surface area contributed by atoms with Crippen LogP contribution in [0.5, 0.6) is 0 Å². The summed E-state index contributed by atoms with van der Waals surface area (Å²) in [5.74, 6) is 0. The first-order valence-corrected chi connectivity index (χ1v) is 6.03. The van der Waals surface area contributed by atoms with E-state index in [-0.39, 0.29) is 5.54 Å². The van der Waals surface area contributed by atoms with Gasteiger partial charge in [-0.25, -0.2) is 0 Å². The fraction of sp³-hybridized carbons (Fsp3) is 0.615. The molecule has 0 bridgehead atoms. The minimum atomic E-state index is 0.271. The van der Waals surface area contributed by atoms with Crippen molar-refractivity contribution >= 4 is 0 Å². The molecule has 2 heterocycles. The molecular weight excluding hydrogens is 198 g/mol. The second kappa shape index (κ2) is 4.93. The summed E-state index contributed by atoms with van der Waals surface area (Å²) in [6, 6.07) is 6.13. The van der Waals surface area contributed by atoms with Gasteiger partial charge in [0, 0.05) is 24.8 Å². The summed E-state index contributed by atoms with van der Waals surface area (Å²) < 4.78 is 0. The molecule has 3 heteroatoms. The number of piperidine rings is 1. The molecule has 1 saturated heterocycles. The van der Waals surface area contributed by atoms with Crippen molar-refractivity contribution < 1.29 is 0 Å². The summed E-state index contributed by atoms with van der Waals surface area (Å²) in [5, 5.41) is 3.43. The smallest absolute Gasteiger partial charge is 0.0543 e. The molecule has 0 saturated carbocycles. The Morgan fingerprint density at radius 2 is 2.38 bits per heavy atom. The van der Waals surface area contributed by atoms with Crippen molar-refractivity contribution in [3.63, 3.8) is 0 Å². The van der Waals surface area contributed by atoms with Crippen LogP contribution in [0.1, 0.15) is 25.5 Å². The van der Waals surface area contributed by atoms with E-state index in [1.165, 1.54) is 25.1 Å². The Hall–Kier alpha value is -0.930. The van der Waals surface area contributed by atoms with Gasteiger partial charge in [-0.1, -0.05) is 6.07 Å². The maximum Gasteiger partial charge on any atom is 0.0543 e. The number of likely N-dealkylation sites (N-methyl/N-ethyl adjacent to an activating group) is 1. The van der Waals surface area contributed by atoms with Gasteiger partial charge in [-0.15, -0.1) is 0 Å². The Kier molecular flexibility index (Phi) is 3.56. The minimum absolute atomic E-state index is 0.271. The number of hydrogen-bond donors (Lipinski definition) is 1. The van der Waals surface area contributed by atoms with Crippen molar-refractivity contribution in [3.8, 4) is 0 Å². The van der Waals surface area contributed by atoms with Crippen LogP contribution in [0, 0.1) is 0 Å². The molecule has 3 nitrogen and oxygen atoms in total. The van der Waals surface area contributed by atoms with Crippen LogP contribution in [-0.4, -0.2) is 35.6 Å². The third kappa shape index (κ3) is 2.80. The molecule has 0 spiro atoms.